The summed E-state index contributed by atoms with van der Waals surface area (Å²) in [6.45, 7) is 3.45. The van der Waals surface area contributed by atoms with Crippen molar-refractivity contribution in [1.82, 2.24) is 0 Å². The van der Waals surface area contributed by atoms with Crippen LogP contribution in [0.1, 0.15) is 28.8 Å². The van der Waals surface area contributed by atoms with E-state index < -0.39 is 5.97 Å². The van der Waals surface area contributed by atoms with Crippen LogP contribution >= 0.6 is 0 Å². The highest BCUT2D eigenvalue weighted by atomic mass is 16.5. The van der Waals surface area contributed by atoms with Gasteiger partial charge in [-0.2, -0.15) is 0 Å². The third-order valence-corrected chi connectivity index (χ3v) is 2.56. The largest absolute Gasteiger partial charge is 0.478 e. The molecular weight excluding hydrogens is 218 g/mol. The molecule has 0 unspecified atom stereocenters. The fourth-order valence-electron chi connectivity index (χ4n) is 1.62. The van der Waals surface area contributed by atoms with Crippen LogP contribution in [-0.4, -0.2) is 31.3 Å². The molecule has 0 aliphatic heterocycles. The fourth-order valence-corrected chi connectivity index (χ4v) is 1.62. The molecule has 1 aromatic rings. The molecule has 1 aromatic carbocycles. The van der Waals surface area contributed by atoms with Crippen LogP contribution in [0.15, 0.2) is 18.2 Å². The lowest BCUT2D eigenvalue weighted by atomic mass is 10.1. The molecule has 0 bridgehead atoms. The number of nitrogens with one attached hydrogen (secondary N) is 1. The van der Waals surface area contributed by atoms with Crippen LogP contribution in [0.5, 0.6) is 0 Å². The highest BCUT2D eigenvalue weighted by molar-refractivity contribution is 5.89. The fraction of sp³-hybridized carbons (Fsp3) is 0.462. The lowest BCUT2D eigenvalue weighted by Crippen LogP contribution is -2.05. The van der Waals surface area contributed by atoms with Gasteiger partial charge in [-0.25, -0.2) is 4.79 Å². The maximum atomic E-state index is 10.8. The van der Waals surface area contributed by atoms with Gasteiger partial charge < -0.3 is 15.2 Å². The number of aryl methyl sites for hydroxylation is 1. The smallest absolute Gasteiger partial charge is 0.335 e. The Labute approximate surface area is 102 Å². The van der Waals surface area contributed by atoms with Gasteiger partial charge in [-0.3, -0.25) is 0 Å². The van der Waals surface area contributed by atoms with Crippen LogP contribution in [0.3, 0.4) is 0 Å². The van der Waals surface area contributed by atoms with Gasteiger partial charge in [0.15, 0.2) is 0 Å². The van der Waals surface area contributed by atoms with Gasteiger partial charge in [0.25, 0.3) is 0 Å². The lowest BCUT2D eigenvalue weighted by Gasteiger charge is -2.08. The number of carboxylic acids is 1. The molecule has 0 aromatic heterocycles. The molecule has 4 heteroatoms. The van der Waals surface area contributed by atoms with Crippen LogP contribution in [0, 0.1) is 6.92 Å². The predicted molar refractivity (Wildman–Crippen MR) is 67.7 cm³/mol. The summed E-state index contributed by atoms with van der Waals surface area (Å²) < 4.78 is 4.96. The summed E-state index contributed by atoms with van der Waals surface area (Å²) in [7, 11) is 1.70. The Morgan fingerprint density at radius 1 is 1.41 bits per heavy atom. The van der Waals surface area contributed by atoms with E-state index in [0.717, 1.165) is 37.2 Å². The number of carbonyl (C=O) groups is 1. The highest BCUT2D eigenvalue weighted by Gasteiger charge is 2.06. The van der Waals surface area contributed by atoms with Crippen molar-refractivity contribution in [3.8, 4) is 0 Å². The zero-order valence-corrected chi connectivity index (χ0v) is 10.3. The molecule has 0 aliphatic carbocycles. The molecule has 17 heavy (non-hydrogen) atoms. The number of carboxylic acid groups (broad SMARTS) is 1. The number of rotatable bonds is 7. The van der Waals surface area contributed by atoms with E-state index in [2.05, 4.69) is 5.32 Å². The first-order valence-electron chi connectivity index (χ1n) is 5.72. The van der Waals surface area contributed by atoms with Crippen molar-refractivity contribution in [2.75, 3.05) is 25.6 Å². The molecule has 0 saturated carbocycles. The van der Waals surface area contributed by atoms with Gasteiger partial charge in [0.05, 0.1) is 5.56 Å². The van der Waals surface area contributed by atoms with Crippen molar-refractivity contribution in [2.45, 2.75) is 19.8 Å². The third-order valence-electron chi connectivity index (χ3n) is 2.56. The van der Waals surface area contributed by atoms with Crippen LogP contribution in [-0.2, 0) is 4.74 Å². The van der Waals surface area contributed by atoms with Crippen LogP contribution in [0.25, 0.3) is 0 Å². The summed E-state index contributed by atoms with van der Waals surface area (Å²) >= 11 is 0. The van der Waals surface area contributed by atoms with E-state index in [0.29, 0.717) is 5.56 Å². The Bertz CT molecular complexity index is 377. The summed E-state index contributed by atoms with van der Waals surface area (Å²) in [6, 6.07) is 5.29. The summed E-state index contributed by atoms with van der Waals surface area (Å²) in [4.78, 5) is 10.8. The Morgan fingerprint density at radius 2 is 2.18 bits per heavy atom. The SMILES string of the molecule is COCCCCNc1ccc(C(=O)O)c(C)c1. The van der Waals surface area contributed by atoms with E-state index in [1.165, 1.54) is 0 Å². The zero-order chi connectivity index (χ0) is 12.7. The Balaban J connectivity index is 2.45. The van der Waals surface area contributed by atoms with Gasteiger partial charge in [0.2, 0.25) is 0 Å². The second-order valence-corrected chi connectivity index (χ2v) is 3.96. The number of benzene rings is 1. The molecule has 2 N–H and O–H groups in total. The van der Waals surface area contributed by atoms with E-state index in [4.69, 9.17) is 9.84 Å². The van der Waals surface area contributed by atoms with Gasteiger partial charge in [0, 0.05) is 25.9 Å². The molecule has 0 aliphatic rings. The van der Waals surface area contributed by atoms with Crippen molar-refractivity contribution in [3.63, 3.8) is 0 Å². The first kappa shape index (κ1) is 13.5. The number of ether oxygens (including phenoxy) is 1. The van der Waals surface area contributed by atoms with E-state index in [1.807, 2.05) is 6.07 Å². The molecule has 0 saturated heterocycles. The first-order valence-corrected chi connectivity index (χ1v) is 5.72. The van der Waals surface area contributed by atoms with Gasteiger partial charge in [-0.05, 0) is 43.5 Å². The maximum absolute atomic E-state index is 10.8. The second kappa shape index (κ2) is 6.91. The highest BCUT2D eigenvalue weighted by Crippen LogP contribution is 2.15. The number of anilines is 1. The summed E-state index contributed by atoms with van der Waals surface area (Å²) in [5.41, 5.74) is 2.10. The van der Waals surface area contributed by atoms with Crippen LogP contribution in [0.2, 0.25) is 0 Å². The van der Waals surface area contributed by atoms with E-state index in [1.54, 1.807) is 26.2 Å². The predicted octanol–water partition coefficient (Wildman–Crippen LogP) is 2.53. The summed E-state index contributed by atoms with van der Waals surface area (Å²) in [5, 5.41) is 12.2. The van der Waals surface area contributed by atoms with Crippen molar-refractivity contribution < 1.29 is 14.6 Å². The average Bonchev–Trinajstić information content (AvgIpc) is 2.28. The summed E-state index contributed by atoms with van der Waals surface area (Å²) in [5.74, 6) is -0.880. The molecule has 0 radical (unpaired) electrons. The zero-order valence-electron chi connectivity index (χ0n) is 10.3. The standard InChI is InChI=1S/C13H19NO3/c1-10-9-11(5-6-12(10)13(15)16)14-7-3-4-8-17-2/h5-6,9,14H,3-4,7-8H2,1-2H3,(H,15,16). The van der Waals surface area contributed by atoms with Crippen molar-refractivity contribution in [3.05, 3.63) is 29.3 Å². The molecule has 0 heterocycles. The Kier molecular flexibility index (Phi) is 5.49. The minimum atomic E-state index is -0.880. The van der Waals surface area contributed by atoms with Crippen molar-refractivity contribution in [1.29, 1.82) is 0 Å². The number of methoxy groups -OCH3 is 1. The molecule has 0 amide bonds. The molecular formula is C13H19NO3. The quantitative estimate of drug-likeness (QED) is 0.715. The lowest BCUT2D eigenvalue weighted by molar-refractivity contribution is 0.0696. The number of hydrogen-bond donors (Lipinski definition) is 2. The first-order chi connectivity index (χ1) is 8.15. The number of unbranched alkanes of at least 4 members (excludes halogenated alkanes) is 1. The number of aromatic carboxylic acids is 1. The second-order valence-electron chi connectivity index (χ2n) is 3.96. The van der Waals surface area contributed by atoms with E-state index in [9.17, 15) is 4.79 Å². The van der Waals surface area contributed by atoms with Gasteiger partial charge in [-0.15, -0.1) is 0 Å². The molecule has 4 nitrogen and oxygen atoms in total. The van der Waals surface area contributed by atoms with Crippen LogP contribution in [0.4, 0.5) is 5.69 Å². The van der Waals surface area contributed by atoms with Gasteiger partial charge >= 0.3 is 5.97 Å². The maximum Gasteiger partial charge on any atom is 0.335 e. The molecule has 1 rings (SSSR count). The summed E-state index contributed by atoms with van der Waals surface area (Å²) in [6.07, 6.45) is 2.06. The Hall–Kier alpha value is -1.55. The average molecular weight is 237 g/mol. The molecule has 0 spiro atoms. The third kappa shape index (κ3) is 4.44. The van der Waals surface area contributed by atoms with Crippen molar-refractivity contribution >= 4 is 11.7 Å². The van der Waals surface area contributed by atoms with Gasteiger partial charge in [0.1, 0.15) is 0 Å². The minimum absolute atomic E-state index is 0.356. The topological polar surface area (TPSA) is 58.6 Å². The van der Waals surface area contributed by atoms with Crippen molar-refractivity contribution in [2.24, 2.45) is 0 Å². The Morgan fingerprint density at radius 3 is 2.76 bits per heavy atom. The number of hydrogen-bond acceptors (Lipinski definition) is 3. The van der Waals surface area contributed by atoms with Gasteiger partial charge in [-0.1, -0.05) is 0 Å². The normalized spacial score (nSPS) is 10.2. The van der Waals surface area contributed by atoms with Crippen LogP contribution < -0.4 is 5.32 Å². The molecule has 94 valence electrons. The molecule has 0 atom stereocenters. The monoisotopic (exact) mass is 237 g/mol. The molecule has 0 fully saturated rings. The van der Waals surface area contributed by atoms with E-state index >= 15 is 0 Å². The van der Waals surface area contributed by atoms with E-state index in [-0.39, 0.29) is 0 Å². The minimum Gasteiger partial charge on any atom is -0.478 e.